The molecule has 3 heterocycles. The maximum atomic E-state index is 12.7. The number of rotatable bonds is 5. The zero-order valence-corrected chi connectivity index (χ0v) is 19.8. The van der Waals surface area contributed by atoms with Crippen LogP contribution in [-0.4, -0.2) is 47.9 Å². The molecule has 1 aromatic carbocycles. The summed E-state index contributed by atoms with van der Waals surface area (Å²) in [7, 11) is 0. The molecule has 0 saturated carbocycles. The second-order valence-corrected chi connectivity index (χ2v) is 11.0. The van der Waals surface area contributed by atoms with Gasteiger partial charge < -0.3 is 10.2 Å². The van der Waals surface area contributed by atoms with Crippen LogP contribution in [0.25, 0.3) is 11.3 Å². The molecule has 166 valence electrons. The quantitative estimate of drug-likeness (QED) is 0.745. The van der Waals surface area contributed by atoms with Crippen LogP contribution >= 0.6 is 11.3 Å². The molecule has 2 aromatic rings. The van der Waals surface area contributed by atoms with E-state index in [1.54, 1.807) is 0 Å². The second kappa shape index (κ2) is 8.71. The molecule has 1 fully saturated rings. The summed E-state index contributed by atoms with van der Waals surface area (Å²) >= 11 is 1.51. The molecule has 2 amide bonds. The van der Waals surface area contributed by atoms with Crippen molar-refractivity contribution in [1.29, 1.82) is 0 Å². The minimum absolute atomic E-state index is 0.00385. The summed E-state index contributed by atoms with van der Waals surface area (Å²) in [6.07, 6.45) is 3.75. The molecule has 0 aliphatic carbocycles. The van der Waals surface area contributed by atoms with Gasteiger partial charge in [0.25, 0.3) is 0 Å². The van der Waals surface area contributed by atoms with E-state index in [1.807, 2.05) is 24.0 Å². The first-order valence-corrected chi connectivity index (χ1v) is 11.9. The zero-order valence-electron chi connectivity index (χ0n) is 19.0. The van der Waals surface area contributed by atoms with E-state index in [9.17, 15) is 9.59 Å². The van der Waals surface area contributed by atoms with E-state index >= 15 is 0 Å². The highest BCUT2D eigenvalue weighted by Gasteiger charge is 2.28. The van der Waals surface area contributed by atoms with E-state index in [2.05, 4.69) is 37.1 Å². The number of aryl methyl sites for hydroxylation is 1. The van der Waals surface area contributed by atoms with Gasteiger partial charge in [0.15, 0.2) is 5.13 Å². The number of thiazole rings is 1. The van der Waals surface area contributed by atoms with Gasteiger partial charge in [0.05, 0.1) is 12.2 Å². The smallest absolute Gasteiger partial charge is 0.240 e. The standard InChI is InChI=1S/C24H32N4O2S/c1-16-22(26-23(31-16)25-20(29)15-27-10-5-6-11-27)18-7-8-19-17(13-18)9-12-28(19)21(30)14-24(2,3)4/h7-8,13H,5-6,9-12,14-15H2,1-4H3,(H,25,26,29). The Balaban J connectivity index is 1.47. The van der Waals surface area contributed by atoms with E-state index in [0.29, 0.717) is 18.1 Å². The molecule has 2 aliphatic rings. The molecular formula is C24H32N4O2S. The Hall–Kier alpha value is -2.25. The van der Waals surface area contributed by atoms with Gasteiger partial charge in [-0.3, -0.25) is 14.5 Å². The highest BCUT2D eigenvalue weighted by molar-refractivity contribution is 7.16. The molecule has 0 bridgehead atoms. The van der Waals surface area contributed by atoms with Crippen LogP contribution in [0, 0.1) is 12.3 Å². The summed E-state index contributed by atoms with van der Waals surface area (Å²) in [6.45, 7) is 11.5. The molecule has 4 rings (SSSR count). The van der Waals surface area contributed by atoms with Crippen LogP contribution in [0.15, 0.2) is 18.2 Å². The van der Waals surface area contributed by atoms with Crippen LogP contribution in [0.5, 0.6) is 0 Å². The molecule has 0 unspecified atom stereocenters. The van der Waals surface area contributed by atoms with Crippen molar-refractivity contribution in [2.45, 2.75) is 53.4 Å². The normalized spacial score (nSPS) is 16.6. The van der Waals surface area contributed by atoms with Crippen molar-refractivity contribution in [2.24, 2.45) is 5.41 Å². The van der Waals surface area contributed by atoms with Crippen molar-refractivity contribution < 1.29 is 9.59 Å². The summed E-state index contributed by atoms with van der Waals surface area (Å²) in [6, 6.07) is 6.24. The molecule has 1 saturated heterocycles. The summed E-state index contributed by atoms with van der Waals surface area (Å²) < 4.78 is 0. The molecule has 7 heteroatoms. The Labute approximate surface area is 188 Å². The second-order valence-electron chi connectivity index (χ2n) is 9.83. The molecule has 0 atom stereocenters. The first-order valence-electron chi connectivity index (χ1n) is 11.1. The number of fused-ring (bicyclic) bond motifs is 1. The lowest BCUT2D eigenvalue weighted by Crippen LogP contribution is -2.31. The molecule has 2 aliphatic heterocycles. The molecule has 0 radical (unpaired) electrons. The lowest BCUT2D eigenvalue weighted by Gasteiger charge is -2.23. The van der Waals surface area contributed by atoms with Gasteiger partial charge in [0.2, 0.25) is 11.8 Å². The van der Waals surface area contributed by atoms with E-state index in [1.165, 1.54) is 29.7 Å². The molecule has 6 nitrogen and oxygen atoms in total. The van der Waals surface area contributed by atoms with E-state index in [4.69, 9.17) is 4.98 Å². The lowest BCUT2D eigenvalue weighted by atomic mass is 9.91. The third kappa shape index (κ3) is 5.15. The van der Waals surface area contributed by atoms with Crippen LogP contribution in [0.1, 0.15) is 50.5 Å². The number of hydrogen-bond acceptors (Lipinski definition) is 5. The average Bonchev–Trinajstić information content (AvgIpc) is 3.39. The van der Waals surface area contributed by atoms with Crippen LogP contribution in [0.4, 0.5) is 10.8 Å². The number of anilines is 2. The van der Waals surface area contributed by atoms with Gasteiger partial charge >= 0.3 is 0 Å². The first kappa shape index (κ1) is 22.0. The molecule has 0 spiro atoms. The van der Waals surface area contributed by atoms with Gasteiger partial charge in [0, 0.05) is 29.1 Å². The van der Waals surface area contributed by atoms with Crippen molar-refractivity contribution in [3.63, 3.8) is 0 Å². The fourth-order valence-electron chi connectivity index (χ4n) is 4.38. The van der Waals surface area contributed by atoms with Crippen LogP contribution < -0.4 is 10.2 Å². The number of amides is 2. The number of nitrogens with zero attached hydrogens (tertiary/aromatic N) is 3. The highest BCUT2D eigenvalue weighted by atomic mass is 32.1. The zero-order chi connectivity index (χ0) is 22.2. The first-order chi connectivity index (χ1) is 14.7. The average molecular weight is 441 g/mol. The third-order valence-corrected chi connectivity index (χ3v) is 6.73. The molecule has 1 aromatic heterocycles. The largest absolute Gasteiger partial charge is 0.312 e. The number of carbonyl (C=O) groups is 2. The minimum atomic E-state index is -0.0207. The Morgan fingerprint density at radius 2 is 1.90 bits per heavy atom. The number of likely N-dealkylation sites (tertiary alicyclic amines) is 1. The Kier molecular flexibility index (Phi) is 6.17. The maximum absolute atomic E-state index is 12.7. The fourth-order valence-corrected chi connectivity index (χ4v) is 5.23. The number of aromatic nitrogens is 1. The van der Waals surface area contributed by atoms with Gasteiger partial charge in [-0.1, -0.05) is 26.8 Å². The number of hydrogen-bond donors (Lipinski definition) is 1. The van der Waals surface area contributed by atoms with Crippen LogP contribution in [0.3, 0.4) is 0 Å². The van der Waals surface area contributed by atoms with Gasteiger partial charge in [-0.2, -0.15) is 0 Å². The number of carbonyl (C=O) groups excluding carboxylic acids is 2. The Bertz CT molecular complexity index is 986. The summed E-state index contributed by atoms with van der Waals surface area (Å²) in [5.41, 5.74) is 4.13. The van der Waals surface area contributed by atoms with Crippen molar-refractivity contribution in [3.8, 4) is 11.3 Å². The monoisotopic (exact) mass is 440 g/mol. The molecule has 1 N–H and O–H groups in total. The fraction of sp³-hybridized carbons (Fsp3) is 0.542. The van der Waals surface area contributed by atoms with Gasteiger partial charge in [-0.15, -0.1) is 11.3 Å². The summed E-state index contributed by atoms with van der Waals surface area (Å²) in [4.78, 5) is 35.0. The maximum Gasteiger partial charge on any atom is 0.240 e. The van der Waals surface area contributed by atoms with Gasteiger partial charge in [0.1, 0.15) is 0 Å². The van der Waals surface area contributed by atoms with E-state index in [-0.39, 0.29) is 17.2 Å². The van der Waals surface area contributed by atoms with Gasteiger partial charge in [-0.25, -0.2) is 4.98 Å². The third-order valence-electron chi connectivity index (χ3n) is 5.84. The minimum Gasteiger partial charge on any atom is -0.312 e. The topological polar surface area (TPSA) is 65.5 Å². The van der Waals surface area contributed by atoms with Gasteiger partial charge in [-0.05, 0) is 62.4 Å². The summed E-state index contributed by atoms with van der Waals surface area (Å²) in [5.74, 6) is 0.191. The van der Waals surface area contributed by atoms with Crippen molar-refractivity contribution in [2.75, 3.05) is 36.4 Å². The highest BCUT2D eigenvalue weighted by Crippen LogP contribution is 2.36. The summed E-state index contributed by atoms with van der Waals surface area (Å²) in [5, 5.41) is 3.62. The Morgan fingerprint density at radius 3 is 2.61 bits per heavy atom. The van der Waals surface area contributed by atoms with Crippen molar-refractivity contribution in [3.05, 3.63) is 28.6 Å². The van der Waals surface area contributed by atoms with Crippen molar-refractivity contribution >= 4 is 34.0 Å². The number of benzene rings is 1. The van der Waals surface area contributed by atoms with Crippen molar-refractivity contribution in [1.82, 2.24) is 9.88 Å². The predicted molar refractivity (Wildman–Crippen MR) is 127 cm³/mol. The predicted octanol–water partition coefficient (Wildman–Crippen LogP) is 4.48. The molecule has 31 heavy (non-hydrogen) atoms. The van der Waals surface area contributed by atoms with E-state index in [0.717, 1.165) is 47.9 Å². The SMILES string of the molecule is Cc1sc(NC(=O)CN2CCCC2)nc1-c1ccc2c(c1)CCN2C(=O)CC(C)(C)C. The number of nitrogens with one attached hydrogen (secondary N) is 1. The molecular weight excluding hydrogens is 408 g/mol. The lowest BCUT2D eigenvalue weighted by molar-refractivity contribution is -0.120. The Morgan fingerprint density at radius 1 is 1.16 bits per heavy atom. The van der Waals surface area contributed by atoms with Crippen LogP contribution in [-0.2, 0) is 16.0 Å². The van der Waals surface area contributed by atoms with Crippen LogP contribution in [0.2, 0.25) is 0 Å². The van der Waals surface area contributed by atoms with E-state index < -0.39 is 0 Å².